The zero-order valence-electron chi connectivity index (χ0n) is 19.3. The van der Waals surface area contributed by atoms with Crippen LogP contribution in [0.2, 0.25) is 0 Å². The Labute approximate surface area is 188 Å². The van der Waals surface area contributed by atoms with Crippen molar-refractivity contribution in [3.05, 3.63) is 58.3 Å². The van der Waals surface area contributed by atoms with Crippen molar-refractivity contribution in [2.24, 2.45) is 0 Å². The van der Waals surface area contributed by atoms with E-state index in [-0.39, 0.29) is 24.0 Å². The molecule has 0 spiro atoms. The molecule has 1 aliphatic carbocycles. The average molecular weight is 436 g/mol. The van der Waals surface area contributed by atoms with Crippen LogP contribution < -0.4 is 19.1 Å². The molecule has 2 aromatic carbocycles. The van der Waals surface area contributed by atoms with Crippen molar-refractivity contribution >= 4 is 17.4 Å². The summed E-state index contributed by atoms with van der Waals surface area (Å²) in [5.74, 6) is 1.33. The van der Waals surface area contributed by atoms with Crippen LogP contribution in [0.3, 0.4) is 0 Å². The summed E-state index contributed by atoms with van der Waals surface area (Å²) in [6.07, 6.45) is 2.09. The Morgan fingerprint density at radius 1 is 0.844 bits per heavy atom. The highest BCUT2D eigenvalue weighted by atomic mass is 16.5. The number of hydrogen-bond donors (Lipinski definition) is 0. The van der Waals surface area contributed by atoms with E-state index in [9.17, 15) is 9.59 Å². The van der Waals surface area contributed by atoms with Gasteiger partial charge in [0, 0.05) is 47.3 Å². The summed E-state index contributed by atoms with van der Waals surface area (Å²) in [6.45, 7) is 4.08. The first-order chi connectivity index (χ1) is 15.4. The molecule has 0 saturated carbocycles. The topological polar surface area (TPSA) is 65.1 Å². The molecule has 0 fully saturated rings. The first-order valence-corrected chi connectivity index (χ1v) is 10.9. The number of rotatable bonds is 5. The van der Waals surface area contributed by atoms with E-state index < -0.39 is 0 Å². The van der Waals surface area contributed by atoms with Gasteiger partial charge in [0.1, 0.15) is 5.75 Å². The Kier molecular flexibility index (Phi) is 5.96. The highest BCUT2D eigenvalue weighted by molar-refractivity contribution is 6.07. The molecule has 0 aromatic heterocycles. The summed E-state index contributed by atoms with van der Waals surface area (Å²) in [6, 6.07) is 9.58. The Balaban J connectivity index is 1.90. The Hall–Kier alpha value is -3.28. The minimum Gasteiger partial charge on any atom is -0.496 e. The van der Waals surface area contributed by atoms with E-state index in [0.717, 1.165) is 28.9 Å². The minimum atomic E-state index is -0.386. The molecule has 0 N–H and O–H groups in total. The molecule has 168 valence electrons. The van der Waals surface area contributed by atoms with Gasteiger partial charge in [-0.15, -0.1) is 0 Å². The number of ether oxygens (including phenoxy) is 3. The predicted molar refractivity (Wildman–Crippen MR) is 123 cm³/mol. The van der Waals surface area contributed by atoms with Crippen LogP contribution in [0, 0.1) is 13.8 Å². The lowest BCUT2D eigenvalue weighted by Gasteiger charge is -2.39. The lowest BCUT2D eigenvalue weighted by Crippen LogP contribution is -2.40. The molecule has 1 aliphatic heterocycles. The largest absolute Gasteiger partial charge is 0.496 e. The smallest absolute Gasteiger partial charge is 0.232 e. The number of allylic oxidation sites excluding steroid dienone is 2. The van der Waals surface area contributed by atoms with Crippen LogP contribution in [-0.4, -0.2) is 33.0 Å². The average Bonchev–Trinajstić information content (AvgIpc) is 2.79. The van der Waals surface area contributed by atoms with E-state index in [0.29, 0.717) is 35.7 Å². The Bertz CT molecular complexity index is 1120. The van der Waals surface area contributed by atoms with E-state index in [1.807, 2.05) is 38.1 Å². The minimum absolute atomic E-state index is 0.0245. The summed E-state index contributed by atoms with van der Waals surface area (Å²) in [4.78, 5) is 28.5. The predicted octanol–water partition coefficient (Wildman–Crippen LogP) is 4.86. The first-order valence-electron chi connectivity index (χ1n) is 10.9. The summed E-state index contributed by atoms with van der Waals surface area (Å²) in [7, 11) is 4.71. The van der Waals surface area contributed by atoms with Crippen LogP contribution >= 0.6 is 0 Å². The molecule has 4 rings (SSSR count). The van der Waals surface area contributed by atoms with Crippen LogP contribution in [-0.2, 0) is 9.59 Å². The third-order valence-electron chi connectivity index (χ3n) is 6.54. The van der Waals surface area contributed by atoms with Crippen molar-refractivity contribution in [2.75, 3.05) is 26.2 Å². The number of methoxy groups -OCH3 is 3. The number of ketones is 1. The molecule has 32 heavy (non-hydrogen) atoms. The van der Waals surface area contributed by atoms with Crippen LogP contribution in [0.15, 0.2) is 41.6 Å². The lowest BCUT2D eigenvalue weighted by atomic mass is 9.76. The first kappa shape index (κ1) is 21.9. The standard InChI is InChI=1S/C26H29NO5/c1-15-9-10-17(11-16(15)2)27-20-7-6-8-21(28)26(20)19(13-25(27)29)18-12-23(31-4)24(32-5)14-22(18)30-3/h9-12,14,19H,6-8,13H2,1-5H3. The van der Waals surface area contributed by atoms with E-state index in [2.05, 4.69) is 0 Å². The van der Waals surface area contributed by atoms with Crippen molar-refractivity contribution in [3.63, 3.8) is 0 Å². The number of aryl methyl sites for hydroxylation is 2. The van der Waals surface area contributed by atoms with Gasteiger partial charge in [0.25, 0.3) is 0 Å². The van der Waals surface area contributed by atoms with Gasteiger partial charge in [0.05, 0.1) is 21.3 Å². The van der Waals surface area contributed by atoms with Gasteiger partial charge in [-0.3, -0.25) is 14.5 Å². The second kappa shape index (κ2) is 8.69. The summed E-state index contributed by atoms with van der Waals surface area (Å²) < 4.78 is 16.5. The van der Waals surface area contributed by atoms with Crippen molar-refractivity contribution in [3.8, 4) is 17.2 Å². The van der Waals surface area contributed by atoms with Crippen LogP contribution in [0.25, 0.3) is 0 Å². The van der Waals surface area contributed by atoms with Gasteiger partial charge in [0.15, 0.2) is 17.3 Å². The fourth-order valence-corrected chi connectivity index (χ4v) is 4.75. The lowest BCUT2D eigenvalue weighted by molar-refractivity contribution is -0.119. The number of anilines is 1. The van der Waals surface area contributed by atoms with Gasteiger partial charge in [-0.05, 0) is 56.0 Å². The Morgan fingerprint density at radius 3 is 2.19 bits per heavy atom. The normalized spacial score (nSPS) is 18.5. The quantitative estimate of drug-likeness (QED) is 0.671. The van der Waals surface area contributed by atoms with E-state index in [1.54, 1.807) is 32.3 Å². The number of amides is 1. The van der Waals surface area contributed by atoms with E-state index in [4.69, 9.17) is 14.2 Å². The number of benzene rings is 2. The van der Waals surface area contributed by atoms with Crippen LogP contribution in [0.1, 0.15) is 48.3 Å². The van der Waals surface area contributed by atoms with Gasteiger partial charge >= 0.3 is 0 Å². The molecule has 0 saturated heterocycles. The van der Waals surface area contributed by atoms with Crippen LogP contribution in [0.4, 0.5) is 5.69 Å². The molecule has 0 bridgehead atoms. The summed E-state index contributed by atoms with van der Waals surface area (Å²) >= 11 is 0. The Morgan fingerprint density at radius 2 is 1.53 bits per heavy atom. The van der Waals surface area contributed by atoms with Gasteiger partial charge in [-0.2, -0.15) is 0 Å². The molecule has 2 aromatic rings. The molecule has 1 heterocycles. The number of carbonyl (C=O) groups is 2. The highest BCUT2D eigenvalue weighted by Crippen LogP contribution is 2.48. The van der Waals surface area contributed by atoms with E-state index >= 15 is 0 Å². The van der Waals surface area contributed by atoms with Gasteiger partial charge < -0.3 is 14.2 Å². The molecule has 6 nitrogen and oxygen atoms in total. The summed E-state index contributed by atoms with van der Waals surface area (Å²) in [5, 5.41) is 0. The molecule has 0 radical (unpaired) electrons. The second-order valence-corrected chi connectivity index (χ2v) is 8.34. The van der Waals surface area contributed by atoms with Crippen molar-refractivity contribution in [2.45, 2.75) is 45.4 Å². The molecule has 2 aliphatic rings. The monoisotopic (exact) mass is 435 g/mol. The van der Waals surface area contributed by atoms with E-state index in [1.165, 1.54) is 5.56 Å². The van der Waals surface area contributed by atoms with Crippen molar-refractivity contribution < 1.29 is 23.8 Å². The maximum atomic E-state index is 13.5. The van der Waals surface area contributed by atoms with Gasteiger partial charge in [-0.25, -0.2) is 0 Å². The molecular weight excluding hydrogens is 406 g/mol. The fourth-order valence-electron chi connectivity index (χ4n) is 4.75. The van der Waals surface area contributed by atoms with Crippen LogP contribution in [0.5, 0.6) is 17.2 Å². The molecule has 1 atom stereocenters. The third-order valence-corrected chi connectivity index (χ3v) is 6.54. The van der Waals surface area contributed by atoms with Crippen molar-refractivity contribution in [1.82, 2.24) is 0 Å². The number of Topliss-reactive ketones (excluding diaryl/α,β-unsaturated/α-hetero) is 1. The molecule has 1 unspecified atom stereocenters. The molecule has 1 amide bonds. The number of carbonyl (C=O) groups excluding carboxylic acids is 2. The zero-order chi connectivity index (χ0) is 23.0. The highest BCUT2D eigenvalue weighted by Gasteiger charge is 2.41. The molecule has 6 heteroatoms. The fraction of sp³-hybridized carbons (Fsp3) is 0.385. The summed E-state index contributed by atoms with van der Waals surface area (Å²) in [5.41, 5.74) is 5.38. The second-order valence-electron chi connectivity index (χ2n) is 8.34. The third kappa shape index (κ3) is 3.64. The number of hydrogen-bond acceptors (Lipinski definition) is 5. The molecular formula is C26H29NO5. The maximum Gasteiger partial charge on any atom is 0.232 e. The van der Waals surface area contributed by atoms with Crippen molar-refractivity contribution in [1.29, 1.82) is 0 Å². The van der Waals surface area contributed by atoms with Gasteiger partial charge in [0.2, 0.25) is 5.91 Å². The zero-order valence-corrected chi connectivity index (χ0v) is 19.3. The SMILES string of the molecule is COc1cc(OC)c(C2CC(=O)N(c3ccc(C)c(C)c3)C3=C2C(=O)CCC3)cc1OC. The van der Waals surface area contributed by atoms with Gasteiger partial charge in [-0.1, -0.05) is 6.07 Å². The maximum absolute atomic E-state index is 13.5. The number of nitrogens with zero attached hydrogens (tertiary/aromatic N) is 1.